The van der Waals surface area contributed by atoms with Crippen LogP contribution in [0.4, 0.5) is 0 Å². The van der Waals surface area contributed by atoms with Gasteiger partial charge in [-0.15, -0.1) is 0 Å². The first-order valence-electron chi connectivity index (χ1n) is 11.2. The molecule has 2 amide bonds. The van der Waals surface area contributed by atoms with Crippen molar-refractivity contribution in [3.63, 3.8) is 0 Å². The van der Waals surface area contributed by atoms with Crippen molar-refractivity contribution in [3.05, 3.63) is 99.5 Å². The number of benzene rings is 3. The van der Waals surface area contributed by atoms with Crippen LogP contribution in [-0.2, 0) is 29.3 Å². The fraction of sp³-hybridized carbons (Fsp3) is 0.222. The van der Waals surface area contributed by atoms with Crippen LogP contribution in [-0.4, -0.2) is 33.8 Å². The molecule has 1 fully saturated rings. The highest BCUT2D eigenvalue weighted by Crippen LogP contribution is 2.23. The van der Waals surface area contributed by atoms with Gasteiger partial charge in [0.05, 0.1) is 5.56 Å². The number of amides is 2. The summed E-state index contributed by atoms with van der Waals surface area (Å²) >= 11 is 3.41. The molecule has 0 radical (unpaired) electrons. The van der Waals surface area contributed by atoms with E-state index >= 15 is 0 Å². The van der Waals surface area contributed by atoms with E-state index in [0.717, 1.165) is 21.2 Å². The molecule has 1 aliphatic heterocycles. The van der Waals surface area contributed by atoms with Gasteiger partial charge in [-0.25, -0.2) is 4.79 Å². The summed E-state index contributed by atoms with van der Waals surface area (Å²) in [6, 6.07) is 21.2. The van der Waals surface area contributed by atoms with Crippen LogP contribution in [0.3, 0.4) is 0 Å². The Morgan fingerprint density at radius 1 is 0.943 bits per heavy atom. The number of halogens is 1. The van der Waals surface area contributed by atoms with E-state index in [-0.39, 0.29) is 17.4 Å². The molecule has 3 aromatic rings. The van der Waals surface area contributed by atoms with Crippen molar-refractivity contribution in [2.24, 2.45) is 0 Å². The Balaban J connectivity index is 1.27. The number of rotatable bonds is 9. The number of carbonyl (C=O) groups is 3. The Morgan fingerprint density at radius 2 is 1.57 bits per heavy atom. The number of likely N-dealkylation sites (tertiary alicyclic amines) is 1. The molecule has 7 nitrogen and oxygen atoms in total. The zero-order valence-electron chi connectivity index (χ0n) is 18.9. The summed E-state index contributed by atoms with van der Waals surface area (Å²) < 4.78 is 6.73. The third-order valence-corrected chi connectivity index (χ3v) is 6.42. The first kappa shape index (κ1) is 24.5. The fourth-order valence-corrected chi connectivity index (χ4v) is 4.18. The van der Waals surface area contributed by atoms with E-state index in [1.54, 1.807) is 29.2 Å². The average Bonchev–Trinajstić information content (AvgIpc) is 3.23. The van der Waals surface area contributed by atoms with Gasteiger partial charge in [-0.05, 0) is 59.5 Å². The first-order chi connectivity index (χ1) is 16.9. The standard InChI is InChI=1S/C27H25BrN2O5/c28-22-9-3-19(4-10-22)16-30-24(13-14-25(30)31)26(32)29-15-18-5-11-23(12-6-18)35-17-20-1-7-21(8-2-20)27(33)34/h1-12,24H,13-17H2,(H,29,32)(H,33,34)/t24-/m0/s1. The van der Waals surface area contributed by atoms with Gasteiger partial charge in [0.15, 0.2) is 0 Å². The van der Waals surface area contributed by atoms with Crippen molar-refractivity contribution in [3.8, 4) is 5.75 Å². The lowest BCUT2D eigenvalue weighted by Gasteiger charge is -2.24. The SMILES string of the molecule is O=C(O)c1ccc(COc2ccc(CNC(=O)[C@@H]3CCC(=O)N3Cc3ccc(Br)cc3)cc2)cc1. The van der Waals surface area contributed by atoms with Crippen molar-refractivity contribution in [2.45, 2.75) is 38.6 Å². The maximum Gasteiger partial charge on any atom is 0.335 e. The van der Waals surface area contributed by atoms with Gasteiger partial charge in [0.2, 0.25) is 11.8 Å². The highest BCUT2D eigenvalue weighted by Gasteiger charge is 2.35. The summed E-state index contributed by atoms with van der Waals surface area (Å²) in [5, 5.41) is 11.9. The minimum Gasteiger partial charge on any atom is -0.489 e. The van der Waals surface area contributed by atoms with Crippen LogP contribution in [0, 0.1) is 0 Å². The predicted molar refractivity (Wildman–Crippen MR) is 134 cm³/mol. The Morgan fingerprint density at radius 3 is 2.23 bits per heavy atom. The maximum atomic E-state index is 12.8. The summed E-state index contributed by atoms with van der Waals surface area (Å²) in [5.74, 6) is -0.452. The van der Waals surface area contributed by atoms with Gasteiger partial charge in [0.1, 0.15) is 18.4 Å². The molecular weight excluding hydrogens is 512 g/mol. The predicted octanol–water partition coefficient (Wildman–Crippen LogP) is 4.53. The molecule has 0 saturated carbocycles. The van der Waals surface area contributed by atoms with Crippen molar-refractivity contribution in [1.82, 2.24) is 10.2 Å². The Hall–Kier alpha value is -3.65. The molecular formula is C27H25BrN2O5. The quantitative estimate of drug-likeness (QED) is 0.418. The minimum atomic E-state index is -0.961. The second-order valence-corrected chi connectivity index (χ2v) is 9.27. The molecule has 0 unspecified atom stereocenters. The second-order valence-electron chi connectivity index (χ2n) is 8.36. The van der Waals surface area contributed by atoms with Crippen LogP contribution >= 0.6 is 15.9 Å². The number of aromatic carboxylic acids is 1. The van der Waals surface area contributed by atoms with Crippen LogP contribution in [0.5, 0.6) is 5.75 Å². The molecule has 1 aliphatic rings. The van der Waals surface area contributed by atoms with E-state index in [1.165, 1.54) is 0 Å². The second kappa shape index (κ2) is 11.2. The summed E-state index contributed by atoms with van der Waals surface area (Å²) in [6.45, 7) is 1.09. The molecule has 0 bridgehead atoms. The van der Waals surface area contributed by atoms with Gasteiger partial charge in [0, 0.05) is 24.0 Å². The smallest absolute Gasteiger partial charge is 0.335 e. The number of carbonyl (C=O) groups excluding carboxylic acids is 2. The molecule has 180 valence electrons. The summed E-state index contributed by atoms with van der Waals surface area (Å²) in [6.07, 6.45) is 0.890. The third kappa shape index (κ3) is 6.48. The summed E-state index contributed by atoms with van der Waals surface area (Å²) in [7, 11) is 0. The molecule has 0 aromatic heterocycles. The van der Waals surface area contributed by atoms with E-state index in [9.17, 15) is 14.4 Å². The topological polar surface area (TPSA) is 95.9 Å². The van der Waals surface area contributed by atoms with Crippen LogP contribution in [0.2, 0.25) is 0 Å². The molecule has 0 aliphatic carbocycles. The van der Waals surface area contributed by atoms with Crippen molar-refractivity contribution in [1.29, 1.82) is 0 Å². The van der Waals surface area contributed by atoms with Gasteiger partial charge in [-0.1, -0.05) is 52.3 Å². The Labute approximate surface area is 211 Å². The molecule has 3 aromatic carbocycles. The van der Waals surface area contributed by atoms with Crippen LogP contribution in [0.15, 0.2) is 77.3 Å². The Kier molecular flexibility index (Phi) is 7.82. The maximum absolute atomic E-state index is 12.8. The van der Waals surface area contributed by atoms with Crippen LogP contribution in [0.1, 0.15) is 39.9 Å². The van der Waals surface area contributed by atoms with Gasteiger partial charge in [-0.2, -0.15) is 0 Å². The third-order valence-electron chi connectivity index (χ3n) is 5.89. The zero-order valence-corrected chi connectivity index (χ0v) is 20.5. The number of ether oxygens (including phenoxy) is 1. The number of hydrogen-bond donors (Lipinski definition) is 2. The van der Waals surface area contributed by atoms with E-state index in [2.05, 4.69) is 21.2 Å². The van der Waals surface area contributed by atoms with Crippen molar-refractivity contribution < 1.29 is 24.2 Å². The van der Waals surface area contributed by atoms with Gasteiger partial charge in [-0.3, -0.25) is 9.59 Å². The van der Waals surface area contributed by atoms with E-state index in [0.29, 0.717) is 38.3 Å². The number of carboxylic acids is 1. The molecule has 8 heteroatoms. The van der Waals surface area contributed by atoms with Gasteiger partial charge >= 0.3 is 5.97 Å². The number of nitrogens with one attached hydrogen (secondary N) is 1. The lowest BCUT2D eigenvalue weighted by molar-refractivity contribution is -0.135. The average molecular weight is 537 g/mol. The highest BCUT2D eigenvalue weighted by molar-refractivity contribution is 9.10. The van der Waals surface area contributed by atoms with E-state index < -0.39 is 12.0 Å². The van der Waals surface area contributed by atoms with E-state index in [1.807, 2.05) is 48.5 Å². The van der Waals surface area contributed by atoms with Gasteiger partial charge in [0.25, 0.3) is 0 Å². The van der Waals surface area contributed by atoms with Crippen LogP contribution in [0.25, 0.3) is 0 Å². The monoisotopic (exact) mass is 536 g/mol. The van der Waals surface area contributed by atoms with E-state index in [4.69, 9.17) is 9.84 Å². The Bertz CT molecular complexity index is 1190. The molecule has 1 saturated heterocycles. The largest absolute Gasteiger partial charge is 0.489 e. The minimum absolute atomic E-state index is 0.00725. The van der Waals surface area contributed by atoms with Crippen molar-refractivity contribution >= 4 is 33.7 Å². The lowest BCUT2D eigenvalue weighted by Crippen LogP contribution is -2.44. The fourth-order valence-electron chi connectivity index (χ4n) is 3.91. The summed E-state index contributed by atoms with van der Waals surface area (Å²) in [4.78, 5) is 37.8. The number of carboxylic acid groups (broad SMARTS) is 1. The van der Waals surface area contributed by atoms with Gasteiger partial charge < -0.3 is 20.1 Å². The lowest BCUT2D eigenvalue weighted by atomic mass is 10.1. The normalized spacial score (nSPS) is 15.2. The number of nitrogens with zero attached hydrogens (tertiary/aromatic N) is 1. The van der Waals surface area contributed by atoms with Crippen LogP contribution < -0.4 is 10.1 Å². The molecule has 35 heavy (non-hydrogen) atoms. The molecule has 0 spiro atoms. The zero-order chi connectivity index (χ0) is 24.8. The summed E-state index contributed by atoms with van der Waals surface area (Å²) in [5.41, 5.74) is 3.00. The molecule has 1 heterocycles. The highest BCUT2D eigenvalue weighted by atomic mass is 79.9. The molecule has 4 rings (SSSR count). The molecule has 2 N–H and O–H groups in total. The number of hydrogen-bond acceptors (Lipinski definition) is 4. The first-order valence-corrected chi connectivity index (χ1v) is 12.0. The van der Waals surface area contributed by atoms with Crippen molar-refractivity contribution in [2.75, 3.05) is 0 Å². The molecule has 1 atom stereocenters.